The van der Waals surface area contributed by atoms with Gasteiger partial charge in [0.2, 0.25) is 0 Å². The number of nitrogens with zero attached hydrogens (tertiary/aromatic N) is 1. The molecule has 1 fully saturated rings. The number of aromatic nitrogens is 1. The fraction of sp³-hybridized carbons (Fsp3) is 0.444. The fourth-order valence-corrected chi connectivity index (χ4v) is 3.43. The number of aryl methyl sites for hydroxylation is 1. The van der Waals surface area contributed by atoms with Crippen molar-refractivity contribution in [3.05, 3.63) is 45.2 Å². The minimum Gasteiger partial charge on any atom is -0.478 e. The van der Waals surface area contributed by atoms with Crippen molar-refractivity contribution < 1.29 is 9.90 Å². The number of likely N-dealkylation sites (tertiary alicyclic amines) is 1. The Hall–Kier alpha value is -2.14. The van der Waals surface area contributed by atoms with Gasteiger partial charge in [-0.1, -0.05) is 6.92 Å². The lowest BCUT2D eigenvalue weighted by atomic mass is 9.99. The van der Waals surface area contributed by atoms with E-state index in [9.17, 15) is 9.59 Å². The van der Waals surface area contributed by atoms with Gasteiger partial charge in [0, 0.05) is 35.2 Å². The van der Waals surface area contributed by atoms with E-state index in [1.165, 1.54) is 18.6 Å². The van der Waals surface area contributed by atoms with Crippen LogP contribution in [0, 0.1) is 12.8 Å². The molecule has 2 heterocycles. The molecule has 0 radical (unpaired) electrons. The molecule has 3 rings (SSSR count). The summed E-state index contributed by atoms with van der Waals surface area (Å²) < 4.78 is 0. The standard InChI is InChI=1S/C18H22N2O3/c1-11-4-3-7-20(9-11)10-15-12(2)19-16-6-5-13(18(22)23)8-14(16)17(15)21/h5-6,8,11H,3-4,7,9-10H2,1-2H3,(H,19,21)(H,22,23). The third-order valence-electron chi connectivity index (χ3n) is 4.68. The molecule has 1 unspecified atom stereocenters. The molecule has 122 valence electrons. The van der Waals surface area contributed by atoms with E-state index >= 15 is 0 Å². The molecule has 1 aliphatic rings. The number of nitrogens with one attached hydrogen (secondary N) is 1. The second-order valence-corrected chi connectivity index (χ2v) is 6.61. The largest absolute Gasteiger partial charge is 0.478 e. The summed E-state index contributed by atoms with van der Waals surface area (Å²) in [5.74, 6) is -0.361. The van der Waals surface area contributed by atoms with E-state index in [1.54, 1.807) is 6.07 Å². The van der Waals surface area contributed by atoms with Crippen molar-refractivity contribution in [2.75, 3.05) is 13.1 Å². The van der Waals surface area contributed by atoms with Crippen molar-refractivity contribution in [1.82, 2.24) is 9.88 Å². The number of rotatable bonds is 3. The molecule has 0 bridgehead atoms. The maximum Gasteiger partial charge on any atom is 0.335 e. The van der Waals surface area contributed by atoms with Crippen LogP contribution in [0.4, 0.5) is 0 Å². The van der Waals surface area contributed by atoms with E-state index in [2.05, 4.69) is 16.8 Å². The molecule has 1 saturated heterocycles. The number of H-pyrrole nitrogens is 1. The van der Waals surface area contributed by atoms with Crippen molar-refractivity contribution in [2.45, 2.75) is 33.2 Å². The van der Waals surface area contributed by atoms with E-state index in [-0.39, 0.29) is 11.0 Å². The highest BCUT2D eigenvalue weighted by molar-refractivity contribution is 5.93. The van der Waals surface area contributed by atoms with Crippen LogP contribution < -0.4 is 5.43 Å². The van der Waals surface area contributed by atoms with Crippen LogP contribution in [-0.2, 0) is 6.54 Å². The minimum atomic E-state index is -1.02. The van der Waals surface area contributed by atoms with Crippen molar-refractivity contribution in [1.29, 1.82) is 0 Å². The maximum atomic E-state index is 12.8. The molecule has 1 aromatic carbocycles. The molecule has 0 amide bonds. The lowest BCUT2D eigenvalue weighted by Gasteiger charge is -2.31. The molecule has 2 N–H and O–H groups in total. The van der Waals surface area contributed by atoms with Crippen LogP contribution in [0.1, 0.15) is 41.4 Å². The minimum absolute atomic E-state index is 0.0578. The van der Waals surface area contributed by atoms with Gasteiger partial charge in [-0.3, -0.25) is 9.69 Å². The SMILES string of the molecule is Cc1[nH]c2ccc(C(=O)O)cc2c(=O)c1CN1CCCC(C)C1. The first-order valence-electron chi connectivity index (χ1n) is 8.07. The van der Waals surface area contributed by atoms with Crippen LogP contribution in [0.15, 0.2) is 23.0 Å². The number of hydrogen-bond donors (Lipinski definition) is 2. The molecule has 1 aliphatic heterocycles. The smallest absolute Gasteiger partial charge is 0.335 e. The molecule has 0 saturated carbocycles. The summed E-state index contributed by atoms with van der Waals surface area (Å²) in [6.07, 6.45) is 2.40. The van der Waals surface area contributed by atoms with E-state index < -0.39 is 5.97 Å². The van der Waals surface area contributed by atoms with Crippen LogP contribution in [0.25, 0.3) is 10.9 Å². The highest BCUT2D eigenvalue weighted by Crippen LogP contribution is 2.19. The first kappa shape index (κ1) is 15.7. The second-order valence-electron chi connectivity index (χ2n) is 6.61. The van der Waals surface area contributed by atoms with Gasteiger partial charge < -0.3 is 10.1 Å². The quantitative estimate of drug-likeness (QED) is 0.913. The number of pyridine rings is 1. The zero-order valence-corrected chi connectivity index (χ0v) is 13.6. The Bertz CT molecular complexity index is 810. The molecule has 2 aromatic rings. The Morgan fingerprint density at radius 2 is 2.22 bits per heavy atom. The molecule has 0 spiro atoms. The number of carboxylic acids is 1. The Morgan fingerprint density at radius 3 is 2.91 bits per heavy atom. The molecular weight excluding hydrogens is 292 g/mol. The van der Waals surface area contributed by atoms with E-state index in [0.717, 1.165) is 30.8 Å². The molecule has 5 nitrogen and oxygen atoms in total. The Kier molecular flexibility index (Phi) is 4.22. The van der Waals surface area contributed by atoms with E-state index in [4.69, 9.17) is 5.11 Å². The zero-order chi connectivity index (χ0) is 16.6. The van der Waals surface area contributed by atoms with Crippen molar-refractivity contribution >= 4 is 16.9 Å². The first-order valence-corrected chi connectivity index (χ1v) is 8.07. The topological polar surface area (TPSA) is 73.4 Å². The lowest BCUT2D eigenvalue weighted by molar-refractivity contribution is 0.0697. The van der Waals surface area contributed by atoms with Gasteiger partial charge in [0.25, 0.3) is 0 Å². The number of carbonyl (C=O) groups is 1. The number of fused-ring (bicyclic) bond motifs is 1. The number of carboxylic acid groups (broad SMARTS) is 1. The summed E-state index contributed by atoms with van der Waals surface area (Å²) in [5.41, 5.74) is 2.38. The molecule has 5 heteroatoms. The summed E-state index contributed by atoms with van der Waals surface area (Å²) in [6.45, 7) is 6.79. The first-order chi connectivity index (χ1) is 11.0. The fourth-order valence-electron chi connectivity index (χ4n) is 3.43. The third kappa shape index (κ3) is 3.15. The number of aromatic amines is 1. The summed E-state index contributed by atoms with van der Waals surface area (Å²) in [6, 6.07) is 4.66. The Labute approximate surface area is 134 Å². The summed E-state index contributed by atoms with van der Waals surface area (Å²) in [7, 11) is 0. The van der Waals surface area contributed by atoms with Crippen LogP contribution in [-0.4, -0.2) is 34.0 Å². The summed E-state index contributed by atoms with van der Waals surface area (Å²) >= 11 is 0. The summed E-state index contributed by atoms with van der Waals surface area (Å²) in [5, 5.41) is 9.58. The Morgan fingerprint density at radius 1 is 1.43 bits per heavy atom. The van der Waals surface area contributed by atoms with Crippen molar-refractivity contribution in [2.24, 2.45) is 5.92 Å². The average molecular weight is 314 g/mol. The van der Waals surface area contributed by atoms with Gasteiger partial charge in [-0.05, 0) is 50.4 Å². The highest BCUT2D eigenvalue weighted by Gasteiger charge is 2.19. The van der Waals surface area contributed by atoms with Gasteiger partial charge in [0.05, 0.1) is 5.56 Å². The number of hydrogen-bond acceptors (Lipinski definition) is 3. The highest BCUT2D eigenvalue weighted by atomic mass is 16.4. The number of piperidine rings is 1. The molecule has 23 heavy (non-hydrogen) atoms. The maximum absolute atomic E-state index is 12.8. The predicted octanol–water partition coefficient (Wildman–Crippen LogP) is 2.77. The van der Waals surface area contributed by atoms with Crippen molar-refractivity contribution in [3.63, 3.8) is 0 Å². The van der Waals surface area contributed by atoms with E-state index in [0.29, 0.717) is 23.4 Å². The molecule has 1 atom stereocenters. The monoisotopic (exact) mass is 314 g/mol. The van der Waals surface area contributed by atoms with Gasteiger partial charge in [-0.15, -0.1) is 0 Å². The van der Waals surface area contributed by atoms with Crippen LogP contribution >= 0.6 is 0 Å². The molecular formula is C18H22N2O3. The number of aromatic carboxylic acids is 1. The Balaban J connectivity index is 2.02. The average Bonchev–Trinajstić information content (AvgIpc) is 2.51. The molecule has 0 aliphatic carbocycles. The predicted molar refractivity (Wildman–Crippen MR) is 89.9 cm³/mol. The van der Waals surface area contributed by atoms with Gasteiger partial charge in [-0.25, -0.2) is 4.79 Å². The third-order valence-corrected chi connectivity index (χ3v) is 4.68. The summed E-state index contributed by atoms with van der Waals surface area (Å²) in [4.78, 5) is 29.5. The van der Waals surface area contributed by atoms with Gasteiger partial charge in [0.15, 0.2) is 5.43 Å². The number of benzene rings is 1. The van der Waals surface area contributed by atoms with Crippen molar-refractivity contribution in [3.8, 4) is 0 Å². The second kappa shape index (κ2) is 6.16. The van der Waals surface area contributed by atoms with Crippen LogP contribution in [0.3, 0.4) is 0 Å². The van der Waals surface area contributed by atoms with Gasteiger partial charge in [0.1, 0.15) is 0 Å². The van der Waals surface area contributed by atoms with Crippen LogP contribution in [0.5, 0.6) is 0 Å². The van der Waals surface area contributed by atoms with Gasteiger partial charge >= 0.3 is 5.97 Å². The normalized spacial score (nSPS) is 19.1. The van der Waals surface area contributed by atoms with E-state index in [1.807, 2.05) is 6.92 Å². The van der Waals surface area contributed by atoms with Gasteiger partial charge in [-0.2, -0.15) is 0 Å². The van der Waals surface area contributed by atoms with Crippen LogP contribution in [0.2, 0.25) is 0 Å². The zero-order valence-electron chi connectivity index (χ0n) is 13.6. The molecule has 1 aromatic heterocycles. The lowest BCUT2D eigenvalue weighted by Crippen LogP contribution is -2.35.